The summed E-state index contributed by atoms with van der Waals surface area (Å²) in [6.45, 7) is 7.34. The summed E-state index contributed by atoms with van der Waals surface area (Å²) in [5.41, 5.74) is 8.60. The van der Waals surface area contributed by atoms with Crippen LogP contribution in [0.4, 0.5) is 0 Å². The fourth-order valence-corrected chi connectivity index (χ4v) is 3.06. The van der Waals surface area contributed by atoms with Crippen molar-refractivity contribution >= 4 is 0 Å². The molecule has 4 nitrogen and oxygen atoms in total. The van der Waals surface area contributed by atoms with Crippen LogP contribution in [0.15, 0.2) is 6.20 Å². The van der Waals surface area contributed by atoms with Crippen LogP contribution in [0.2, 0.25) is 0 Å². The first-order valence-electron chi connectivity index (χ1n) is 7.66. The van der Waals surface area contributed by atoms with Gasteiger partial charge in [-0.15, -0.1) is 0 Å². The Balaban J connectivity index is 2.15. The third-order valence-corrected chi connectivity index (χ3v) is 4.42. The second-order valence-electron chi connectivity index (χ2n) is 5.69. The molecule has 0 bridgehead atoms. The molecule has 0 aliphatic heterocycles. The van der Waals surface area contributed by atoms with Crippen molar-refractivity contribution in [3.63, 3.8) is 0 Å². The minimum absolute atomic E-state index is 0.328. The molecule has 0 spiro atoms. The van der Waals surface area contributed by atoms with Gasteiger partial charge in [0.25, 0.3) is 0 Å². The van der Waals surface area contributed by atoms with Gasteiger partial charge in [0.2, 0.25) is 0 Å². The molecule has 108 valence electrons. The van der Waals surface area contributed by atoms with Crippen LogP contribution >= 0.6 is 0 Å². The van der Waals surface area contributed by atoms with Gasteiger partial charge >= 0.3 is 0 Å². The molecule has 1 saturated carbocycles. The molecule has 1 aliphatic rings. The number of rotatable bonds is 7. The smallest absolute Gasteiger partial charge is 0.0670 e. The predicted molar refractivity (Wildman–Crippen MR) is 79.0 cm³/mol. The van der Waals surface area contributed by atoms with E-state index in [0.29, 0.717) is 12.6 Å². The first-order valence-corrected chi connectivity index (χ1v) is 7.66. The lowest BCUT2D eigenvalue weighted by Gasteiger charge is -2.36. The molecule has 2 rings (SSSR count). The molecule has 1 unspecified atom stereocenters. The number of nitrogens with zero attached hydrogens (tertiary/aromatic N) is 3. The van der Waals surface area contributed by atoms with E-state index in [9.17, 15) is 0 Å². The Bertz CT molecular complexity index is 395. The first-order chi connectivity index (χ1) is 9.19. The third-order valence-electron chi connectivity index (χ3n) is 4.42. The monoisotopic (exact) mass is 264 g/mol. The van der Waals surface area contributed by atoms with Crippen LogP contribution in [0.1, 0.15) is 50.4 Å². The Morgan fingerprint density at radius 1 is 1.47 bits per heavy atom. The molecule has 1 aromatic rings. The summed E-state index contributed by atoms with van der Waals surface area (Å²) < 4.78 is 1.92. The normalized spacial score (nSPS) is 17.7. The Morgan fingerprint density at radius 2 is 2.21 bits per heavy atom. The quantitative estimate of drug-likeness (QED) is 0.820. The fourth-order valence-electron chi connectivity index (χ4n) is 3.06. The second kappa shape index (κ2) is 6.53. The number of nitrogens with two attached hydrogens (primary N) is 1. The van der Waals surface area contributed by atoms with E-state index < -0.39 is 0 Å². The summed E-state index contributed by atoms with van der Waals surface area (Å²) >= 11 is 0. The lowest BCUT2D eigenvalue weighted by molar-refractivity contribution is 0.141. The van der Waals surface area contributed by atoms with Crippen molar-refractivity contribution in [3.05, 3.63) is 17.5 Å². The van der Waals surface area contributed by atoms with Gasteiger partial charge in [-0.2, -0.15) is 5.10 Å². The summed E-state index contributed by atoms with van der Waals surface area (Å²) in [7, 11) is 2.00. The summed E-state index contributed by atoms with van der Waals surface area (Å²) in [5, 5.41) is 4.56. The molecule has 1 aliphatic carbocycles. The molecule has 1 heterocycles. The van der Waals surface area contributed by atoms with Gasteiger partial charge in [-0.25, -0.2) is 0 Å². The molecule has 0 radical (unpaired) electrons. The Labute approximate surface area is 117 Å². The molecule has 19 heavy (non-hydrogen) atoms. The molecule has 1 fully saturated rings. The van der Waals surface area contributed by atoms with Gasteiger partial charge < -0.3 is 5.73 Å². The molecular formula is C15H28N4. The van der Waals surface area contributed by atoms with Crippen molar-refractivity contribution in [2.24, 2.45) is 18.7 Å². The van der Waals surface area contributed by atoms with Crippen LogP contribution < -0.4 is 5.73 Å². The van der Waals surface area contributed by atoms with Gasteiger partial charge in [-0.1, -0.05) is 20.3 Å². The molecule has 0 aromatic carbocycles. The maximum absolute atomic E-state index is 6.07. The third kappa shape index (κ3) is 3.18. The van der Waals surface area contributed by atoms with E-state index in [0.717, 1.165) is 18.9 Å². The SMILES string of the molecule is CCc1nn(C)cc1C(CN)N(CC)CC1CCC1. The van der Waals surface area contributed by atoms with Crippen molar-refractivity contribution in [1.29, 1.82) is 0 Å². The molecule has 2 N–H and O–H groups in total. The molecule has 4 heteroatoms. The van der Waals surface area contributed by atoms with E-state index >= 15 is 0 Å². The molecule has 1 atom stereocenters. The van der Waals surface area contributed by atoms with Crippen molar-refractivity contribution < 1.29 is 0 Å². The number of hydrogen-bond donors (Lipinski definition) is 1. The highest BCUT2D eigenvalue weighted by Gasteiger charge is 2.26. The Kier molecular flexibility index (Phi) is 4.99. The van der Waals surface area contributed by atoms with Crippen molar-refractivity contribution in [2.45, 2.75) is 45.6 Å². The van der Waals surface area contributed by atoms with Crippen molar-refractivity contribution in [3.8, 4) is 0 Å². The summed E-state index contributed by atoms with van der Waals surface area (Å²) in [5.74, 6) is 0.885. The summed E-state index contributed by atoms with van der Waals surface area (Å²) in [4.78, 5) is 2.54. The molecular weight excluding hydrogens is 236 g/mol. The lowest BCUT2D eigenvalue weighted by atomic mass is 9.84. The van der Waals surface area contributed by atoms with Gasteiger partial charge in [0.15, 0.2) is 0 Å². The minimum atomic E-state index is 0.328. The lowest BCUT2D eigenvalue weighted by Crippen LogP contribution is -2.39. The number of aryl methyl sites for hydroxylation is 2. The van der Waals surface area contributed by atoms with Crippen LogP contribution in [-0.4, -0.2) is 34.3 Å². The maximum atomic E-state index is 6.07. The predicted octanol–water partition coefficient (Wildman–Crippen LogP) is 2.10. The largest absolute Gasteiger partial charge is 0.329 e. The van der Waals surface area contributed by atoms with E-state index in [4.69, 9.17) is 5.73 Å². The number of hydrogen-bond acceptors (Lipinski definition) is 3. The van der Waals surface area contributed by atoms with Gasteiger partial charge in [-0.05, 0) is 31.7 Å². The maximum Gasteiger partial charge on any atom is 0.0670 e. The minimum Gasteiger partial charge on any atom is -0.329 e. The average Bonchev–Trinajstić information content (AvgIpc) is 2.73. The Hall–Kier alpha value is -0.870. The highest BCUT2D eigenvalue weighted by Crippen LogP contribution is 2.31. The highest BCUT2D eigenvalue weighted by atomic mass is 15.3. The van der Waals surface area contributed by atoms with E-state index in [1.165, 1.54) is 37.1 Å². The van der Waals surface area contributed by atoms with E-state index in [1.54, 1.807) is 0 Å². The van der Waals surface area contributed by atoms with Crippen molar-refractivity contribution in [2.75, 3.05) is 19.6 Å². The average molecular weight is 264 g/mol. The van der Waals surface area contributed by atoms with Crippen LogP contribution in [0.25, 0.3) is 0 Å². The summed E-state index contributed by atoms with van der Waals surface area (Å²) in [6, 6.07) is 0.328. The van der Waals surface area contributed by atoms with Gasteiger partial charge in [-0.3, -0.25) is 9.58 Å². The van der Waals surface area contributed by atoms with E-state index in [-0.39, 0.29) is 0 Å². The zero-order valence-corrected chi connectivity index (χ0v) is 12.6. The van der Waals surface area contributed by atoms with Gasteiger partial charge in [0.1, 0.15) is 0 Å². The van der Waals surface area contributed by atoms with Gasteiger partial charge in [0, 0.05) is 31.9 Å². The highest BCUT2D eigenvalue weighted by molar-refractivity contribution is 5.22. The van der Waals surface area contributed by atoms with E-state index in [1.807, 2.05) is 11.7 Å². The number of aromatic nitrogens is 2. The van der Waals surface area contributed by atoms with Crippen LogP contribution in [-0.2, 0) is 13.5 Å². The molecule has 1 aromatic heterocycles. The van der Waals surface area contributed by atoms with Crippen molar-refractivity contribution in [1.82, 2.24) is 14.7 Å². The van der Waals surface area contributed by atoms with Crippen LogP contribution in [0, 0.1) is 5.92 Å². The van der Waals surface area contributed by atoms with Crippen LogP contribution in [0.3, 0.4) is 0 Å². The molecule has 0 amide bonds. The van der Waals surface area contributed by atoms with Gasteiger partial charge in [0.05, 0.1) is 11.7 Å². The topological polar surface area (TPSA) is 47.1 Å². The zero-order valence-electron chi connectivity index (χ0n) is 12.6. The second-order valence-corrected chi connectivity index (χ2v) is 5.69. The Morgan fingerprint density at radius 3 is 2.68 bits per heavy atom. The zero-order chi connectivity index (χ0) is 13.8. The first kappa shape index (κ1) is 14.5. The van der Waals surface area contributed by atoms with E-state index in [2.05, 4.69) is 30.0 Å². The number of likely N-dealkylation sites (N-methyl/N-ethyl adjacent to an activating group) is 1. The standard InChI is InChI=1S/C15H28N4/c1-4-14-13(11-18(3)17-14)15(9-16)19(5-2)10-12-7-6-8-12/h11-12,15H,4-10,16H2,1-3H3. The molecule has 0 saturated heterocycles. The summed E-state index contributed by atoms with van der Waals surface area (Å²) in [6.07, 6.45) is 7.32. The fraction of sp³-hybridized carbons (Fsp3) is 0.800. The van der Waals surface area contributed by atoms with Crippen LogP contribution in [0.5, 0.6) is 0 Å².